The van der Waals surface area contributed by atoms with E-state index in [1.54, 1.807) is 0 Å². The number of hydrogen-bond acceptors (Lipinski definition) is 3. The summed E-state index contributed by atoms with van der Waals surface area (Å²) in [6.07, 6.45) is -1.64. The quantitative estimate of drug-likeness (QED) is 0.865. The largest absolute Gasteiger partial charge is 0.480 e. The second kappa shape index (κ2) is 6.23. The lowest BCUT2D eigenvalue weighted by Gasteiger charge is -2.12. The summed E-state index contributed by atoms with van der Waals surface area (Å²) in [5, 5.41) is 15.0. The molecule has 1 fully saturated rings. The van der Waals surface area contributed by atoms with Crippen molar-refractivity contribution in [2.24, 2.45) is 0 Å². The number of amides is 1. The molecule has 0 aliphatic heterocycles. The molecule has 1 amide bonds. The number of carboxylic acid groups (broad SMARTS) is 1. The van der Waals surface area contributed by atoms with Crippen LogP contribution in [0.4, 0.5) is 13.2 Å². The number of nitrogens with one attached hydrogen (secondary N) is 1. The lowest BCUT2D eigenvalue weighted by Crippen LogP contribution is -2.29. The number of benzene rings is 1. The number of halogens is 3. The number of aliphatic carboxylic acids is 1. The van der Waals surface area contributed by atoms with E-state index in [4.69, 9.17) is 5.11 Å². The molecule has 3 rings (SSSR count). The smallest absolute Gasteiger partial charge is 0.416 e. The van der Waals surface area contributed by atoms with Gasteiger partial charge in [-0.15, -0.1) is 0 Å². The van der Waals surface area contributed by atoms with Gasteiger partial charge in [0.25, 0.3) is 5.91 Å². The first-order valence-corrected chi connectivity index (χ1v) is 7.53. The van der Waals surface area contributed by atoms with E-state index in [2.05, 4.69) is 10.4 Å². The van der Waals surface area contributed by atoms with Crippen molar-refractivity contribution in [3.8, 4) is 5.69 Å². The van der Waals surface area contributed by atoms with Crippen molar-refractivity contribution in [3.05, 3.63) is 47.3 Å². The van der Waals surface area contributed by atoms with Crippen LogP contribution in [0.5, 0.6) is 0 Å². The zero-order valence-electron chi connectivity index (χ0n) is 12.9. The normalized spacial score (nSPS) is 14.4. The standard InChI is InChI=1S/C16H14F3N3O3/c17-16(18,19)10-2-1-3-11(6-10)22-14(9-4-5-9)12(7-21-22)15(25)20-8-13(23)24/h1-3,6-7,9H,4-5,8H2,(H,20,25)(H,23,24). The van der Waals surface area contributed by atoms with E-state index in [-0.39, 0.29) is 17.2 Å². The van der Waals surface area contributed by atoms with Crippen LogP contribution in [0.25, 0.3) is 5.69 Å². The van der Waals surface area contributed by atoms with E-state index < -0.39 is 30.2 Å². The van der Waals surface area contributed by atoms with Gasteiger partial charge < -0.3 is 10.4 Å². The Morgan fingerprint density at radius 1 is 1.32 bits per heavy atom. The van der Waals surface area contributed by atoms with Gasteiger partial charge in [-0.3, -0.25) is 9.59 Å². The van der Waals surface area contributed by atoms with Crippen LogP contribution in [0.1, 0.15) is 40.4 Å². The molecule has 0 radical (unpaired) electrons. The fourth-order valence-corrected chi connectivity index (χ4v) is 2.55. The van der Waals surface area contributed by atoms with Crippen molar-refractivity contribution in [1.82, 2.24) is 15.1 Å². The molecule has 25 heavy (non-hydrogen) atoms. The Bertz CT molecular complexity index is 826. The predicted octanol–water partition coefficient (Wildman–Crippen LogP) is 2.58. The number of carbonyl (C=O) groups excluding carboxylic acids is 1. The number of aromatic nitrogens is 2. The molecule has 0 bridgehead atoms. The van der Waals surface area contributed by atoms with Crippen LogP contribution in [0.15, 0.2) is 30.5 Å². The van der Waals surface area contributed by atoms with E-state index >= 15 is 0 Å². The maximum Gasteiger partial charge on any atom is 0.416 e. The van der Waals surface area contributed by atoms with E-state index in [9.17, 15) is 22.8 Å². The van der Waals surface area contributed by atoms with Gasteiger partial charge in [0.2, 0.25) is 0 Å². The molecule has 1 aromatic heterocycles. The molecule has 2 aromatic rings. The first-order valence-electron chi connectivity index (χ1n) is 7.53. The summed E-state index contributed by atoms with van der Waals surface area (Å²) in [6, 6.07) is 4.69. The molecule has 0 saturated heterocycles. The lowest BCUT2D eigenvalue weighted by atomic mass is 10.1. The molecule has 2 N–H and O–H groups in total. The van der Waals surface area contributed by atoms with Gasteiger partial charge in [0.1, 0.15) is 6.54 Å². The number of carboxylic acids is 1. The van der Waals surface area contributed by atoms with Gasteiger partial charge in [-0.1, -0.05) is 6.07 Å². The molecule has 6 nitrogen and oxygen atoms in total. The molecule has 1 saturated carbocycles. The van der Waals surface area contributed by atoms with Crippen LogP contribution in [-0.4, -0.2) is 33.3 Å². The highest BCUT2D eigenvalue weighted by atomic mass is 19.4. The van der Waals surface area contributed by atoms with Crippen LogP contribution >= 0.6 is 0 Å². The summed E-state index contributed by atoms with van der Waals surface area (Å²) < 4.78 is 40.1. The van der Waals surface area contributed by atoms with Gasteiger partial charge in [-0.25, -0.2) is 4.68 Å². The molecular weight excluding hydrogens is 339 g/mol. The van der Waals surface area contributed by atoms with E-state index in [1.807, 2.05) is 0 Å². The first kappa shape index (κ1) is 17.0. The minimum Gasteiger partial charge on any atom is -0.480 e. The molecule has 0 unspecified atom stereocenters. The van der Waals surface area contributed by atoms with Crippen molar-refractivity contribution in [2.75, 3.05) is 6.54 Å². The van der Waals surface area contributed by atoms with Crippen LogP contribution in [-0.2, 0) is 11.0 Å². The van der Waals surface area contributed by atoms with Gasteiger partial charge in [0, 0.05) is 5.92 Å². The van der Waals surface area contributed by atoms with Crippen molar-refractivity contribution >= 4 is 11.9 Å². The van der Waals surface area contributed by atoms with E-state index in [1.165, 1.54) is 23.0 Å². The number of alkyl halides is 3. The molecule has 0 spiro atoms. The lowest BCUT2D eigenvalue weighted by molar-refractivity contribution is -0.138. The summed E-state index contributed by atoms with van der Waals surface area (Å²) in [5.74, 6) is -1.78. The van der Waals surface area contributed by atoms with Crippen molar-refractivity contribution in [3.63, 3.8) is 0 Å². The fraction of sp³-hybridized carbons (Fsp3) is 0.312. The maximum absolute atomic E-state index is 12.9. The third-order valence-corrected chi connectivity index (χ3v) is 3.83. The highest BCUT2D eigenvalue weighted by Gasteiger charge is 2.34. The van der Waals surface area contributed by atoms with Crippen LogP contribution < -0.4 is 5.32 Å². The van der Waals surface area contributed by atoms with Crippen molar-refractivity contribution in [1.29, 1.82) is 0 Å². The average Bonchev–Trinajstić information content (AvgIpc) is 3.30. The Kier molecular flexibility index (Phi) is 4.23. The Balaban J connectivity index is 1.98. The summed E-state index contributed by atoms with van der Waals surface area (Å²) in [6.45, 7) is -0.544. The zero-order valence-corrected chi connectivity index (χ0v) is 12.9. The van der Waals surface area contributed by atoms with Gasteiger partial charge in [-0.05, 0) is 31.0 Å². The molecule has 1 aliphatic rings. The van der Waals surface area contributed by atoms with Crippen molar-refractivity contribution in [2.45, 2.75) is 24.9 Å². The van der Waals surface area contributed by atoms with E-state index in [0.29, 0.717) is 5.69 Å². The van der Waals surface area contributed by atoms with Crippen LogP contribution in [0.2, 0.25) is 0 Å². The highest BCUT2D eigenvalue weighted by molar-refractivity contribution is 5.97. The molecular formula is C16H14F3N3O3. The topological polar surface area (TPSA) is 84.2 Å². The summed E-state index contributed by atoms with van der Waals surface area (Å²) in [7, 11) is 0. The summed E-state index contributed by atoms with van der Waals surface area (Å²) in [5.41, 5.74) is 0.0801. The number of nitrogens with zero attached hydrogens (tertiary/aromatic N) is 2. The molecule has 1 aromatic carbocycles. The SMILES string of the molecule is O=C(O)CNC(=O)c1cnn(-c2cccc(C(F)(F)F)c2)c1C1CC1. The van der Waals surface area contributed by atoms with E-state index in [0.717, 1.165) is 25.0 Å². The van der Waals surface area contributed by atoms with Gasteiger partial charge in [0.15, 0.2) is 0 Å². The summed E-state index contributed by atoms with van der Waals surface area (Å²) in [4.78, 5) is 22.7. The molecule has 9 heteroatoms. The molecule has 0 atom stereocenters. The maximum atomic E-state index is 12.9. The van der Waals surface area contributed by atoms with Gasteiger partial charge in [-0.2, -0.15) is 18.3 Å². The first-order chi connectivity index (χ1) is 11.8. The number of rotatable bonds is 5. The Hall–Kier alpha value is -2.84. The highest BCUT2D eigenvalue weighted by Crippen LogP contribution is 2.42. The molecule has 132 valence electrons. The molecule has 1 heterocycles. The number of carbonyl (C=O) groups is 2. The zero-order chi connectivity index (χ0) is 18.2. The van der Waals surface area contributed by atoms with Gasteiger partial charge in [0.05, 0.1) is 28.7 Å². The monoisotopic (exact) mass is 353 g/mol. The average molecular weight is 353 g/mol. The second-order valence-corrected chi connectivity index (χ2v) is 5.75. The minimum absolute atomic E-state index is 0.0163. The Labute approximate surface area is 140 Å². The predicted molar refractivity (Wildman–Crippen MR) is 80.5 cm³/mol. The van der Waals surface area contributed by atoms with Crippen LogP contribution in [0, 0.1) is 0 Å². The molecule has 1 aliphatic carbocycles. The van der Waals surface area contributed by atoms with Gasteiger partial charge >= 0.3 is 12.1 Å². The Morgan fingerprint density at radius 3 is 2.64 bits per heavy atom. The van der Waals surface area contributed by atoms with Crippen LogP contribution in [0.3, 0.4) is 0 Å². The van der Waals surface area contributed by atoms with Crippen molar-refractivity contribution < 1.29 is 27.9 Å². The third-order valence-electron chi connectivity index (χ3n) is 3.83. The number of hydrogen-bond donors (Lipinski definition) is 2. The fourth-order valence-electron chi connectivity index (χ4n) is 2.55. The minimum atomic E-state index is -4.48. The Morgan fingerprint density at radius 2 is 2.04 bits per heavy atom. The second-order valence-electron chi connectivity index (χ2n) is 5.75. The summed E-state index contributed by atoms with van der Waals surface area (Å²) >= 11 is 0. The third kappa shape index (κ3) is 3.65.